The molecule has 0 radical (unpaired) electrons. The van der Waals surface area contributed by atoms with E-state index in [9.17, 15) is 4.79 Å². The number of amides is 1. The summed E-state index contributed by atoms with van der Waals surface area (Å²) in [7, 11) is 0. The highest BCUT2D eigenvalue weighted by atomic mass is 127. The lowest BCUT2D eigenvalue weighted by molar-refractivity contribution is 0.102. The van der Waals surface area contributed by atoms with Crippen LogP contribution in [0.5, 0.6) is 0 Å². The van der Waals surface area contributed by atoms with Gasteiger partial charge < -0.3 is 0 Å². The summed E-state index contributed by atoms with van der Waals surface area (Å²) in [6.07, 6.45) is 0. The van der Waals surface area contributed by atoms with Crippen LogP contribution < -0.4 is 5.32 Å². The zero-order valence-electron chi connectivity index (χ0n) is 9.09. The predicted octanol–water partition coefficient (Wildman–Crippen LogP) is 1.55. The van der Waals surface area contributed by atoms with E-state index in [1.54, 1.807) is 6.07 Å². The SMILES string of the molecule is CCn1nnc(NC(=O)c2ccccc2I)n1. The molecule has 0 atom stereocenters. The number of nitrogens with one attached hydrogen (secondary N) is 1. The van der Waals surface area contributed by atoms with Crippen molar-refractivity contribution in [1.29, 1.82) is 0 Å². The molecule has 7 heteroatoms. The monoisotopic (exact) mass is 343 g/mol. The van der Waals surface area contributed by atoms with Gasteiger partial charge in [-0.25, -0.2) is 0 Å². The van der Waals surface area contributed by atoms with Crippen LogP contribution in [0.4, 0.5) is 5.95 Å². The highest BCUT2D eigenvalue weighted by Crippen LogP contribution is 2.12. The second-order valence-electron chi connectivity index (χ2n) is 3.24. The largest absolute Gasteiger partial charge is 0.288 e. The average Bonchev–Trinajstić information content (AvgIpc) is 2.77. The molecule has 0 aliphatic heterocycles. The van der Waals surface area contributed by atoms with Gasteiger partial charge in [0.15, 0.2) is 0 Å². The van der Waals surface area contributed by atoms with E-state index in [1.807, 2.05) is 25.1 Å². The van der Waals surface area contributed by atoms with Gasteiger partial charge in [0.05, 0.1) is 12.1 Å². The maximum atomic E-state index is 11.9. The van der Waals surface area contributed by atoms with Gasteiger partial charge >= 0.3 is 0 Å². The van der Waals surface area contributed by atoms with Crippen molar-refractivity contribution >= 4 is 34.4 Å². The Hall–Kier alpha value is -1.51. The van der Waals surface area contributed by atoms with Crippen molar-refractivity contribution in [2.24, 2.45) is 0 Å². The molecule has 0 aliphatic rings. The smallest absolute Gasteiger partial charge is 0.270 e. The van der Waals surface area contributed by atoms with E-state index in [-0.39, 0.29) is 11.9 Å². The molecule has 0 bridgehead atoms. The van der Waals surface area contributed by atoms with Gasteiger partial charge in [-0.3, -0.25) is 10.1 Å². The van der Waals surface area contributed by atoms with Crippen LogP contribution in [0.1, 0.15) is 17.3 Å². The molecule has 1 aromatic heterocycles. The molecular formula is C10H10IN5O. The van der Waals surface area contributed by atoms with E-state index in [2.05, 4.69) is 43.3 Å². The van der Waals surface area contributed by atoms with Gasteiger partial charge in [-0.2, -0.15) is 4.80 Å². The van der Waals surface area contributed by atoms with Crippen LogP contribution in [0.2, 0.25) is 0 Å². The van der Waals surface area contributed by atoms with Gasteiger partial charge in [0, 0.05) is 3.57 Å². The average molecular weight is 343 g/mol. The summed E-state index contributed by atoms with van der Waals surface area (Å²) in [5.41, 5.74) is 0.598. The Balaban J connectivity index is 2.14. The lowest BCUT2D eigenvalue weighted by Gasteiger charge is -2.02. The van der Waals surface area contributed by atoms with Gasteiger partial charge in [0.25, 0.3) is 11.9 Å². The lowest BCUT2D eigenvalue weighted by Crippen LogP contribution is -2.14. The van der Waals surface area contributed by atoms with Crippen LogP contribution in [0, 0.1) is 3.57 Å². The molecule has 88 valence electrons. The molecule has 2 rings (SSSR count). The molecule has 17 heavy (non-hydrogen) atoms. The van der Waals surface area contributed by atoms with Gasteiger partial charge in [-0.15, -0.1) is 5.10 Å². The second-order valence-corrected chi connectivity index (χ2v) is 4.40. The fourth-order valence-electron chi connectivity index (χ4n) is 1.24. The third kappa shape index (κ3) is 2.78. The molecule has 0 fully saturated rings. The molecule has 0 saturated carbocycles. The number of nitrogens with zero attached hydrogens (tertiary/aromatic N) is 4. The number of benzene rings is 1. The Morgan fingerprint density at radius 3 is 2.88 bits per heavy atom. The Bertz CT molecular complexity index is 539. The summed E-state index contributed by atoms with van der Waals surface area (Å²) in [5, 5.41) is 14.1. The van der Waals surface area contributed by atoms with E-state index in [0.717, 1.165) is 3.57 Å². The minimum absolute atomic E-state index is 0.219. The van der Waals surface area contributed by atoms with Crippen LogP contribution in [0.25, 0.3) is 0 Å². The normalized spacial score (nSPS) is 10.2. The van der Waals surface area contributed by atoms with Gasteiger partial charge in [-0.05, 0) is 46.9 Å². The first-order valence-electron chi connectivity index (χ1n) is 5.04. The Morgan fingerprint density at radius 1 is 1.47 bits per heavy atom. The van der Waals surface area contributed by atoms with Gasteiger partial charge in [0.2, 0.25) is 0 Å². The first kappa shape index (κ1) is 12.0. The molecular weight excluding hydrogens is 333 g/mol. The molecule has 0 spiro atoms. The third-order valence-electron chi connectivity index (χ3n) is 2.08. The van der Waals surface area contributed by atoms with E-state index in [0.29, 0.717) is 12.1 Å². The maximum absolute atomic E-state index is 11.9. The number of tetrazole rings is 1. The maximum Gasteiger partial charge on any atom is 0.270 e. The van der Waals surface area contributed by atoms with Crippen molar-refractivity contribution in [3.8, 4) is 0 Å². The number of anilines is 1. The predicted molar refractivity (Wildman–Crippen MR) is 70.6 cm³/mol. The zero-order chi connectivity index (χ0) is 12.3. The summed E-state index contributed by atoms with van der Waals surface area (Å²) in [5.74, 6) is -0.0119. The number of halogens is 1. The van der Waals surface area contributed by atoms with Crippen molar-refractivity contribution in [1.82, 2.24) is 20.2 Å². The summed E-state index contributed by atoms with van der Waals surface area (Å²) in [6.45, 7) is 2.51. The number of hydrogen-bond donors (Lipinski definition) is 1. The fraction of sp³-hybridized carbons (Fsp3) is 0.200. The summed E-state index contributed by atoms with van der Waals surface area (Å²) in [6, 6.07) is 7.31. The Morgan fingerprint density at radius 2 is 2.24 bits per heavy atom. The molecule has 1 aromatic carbocycles. The highest BCUT2D eigenvalue weighted by Gasteiger charge is 2.11. The first-order valence-corrected chi connectivity index (χ1v) is 6.12. The summed E-state index contributed by atoms with van der Waals surface area (Å²) in [4.78, 5) is 13.3. The Kier molecular flexibility index (Phi) is 3.67. The molecule has 0 unspecified atom stereocenters. The third-order valence-corrected chi connectivity index (χ3v) is 3.02. The number of aromatic nitrogens is 4. The number of carbonyl (C=O) groups is 1. The Labute approximate surface area is 112 Å². The zero-order valence-corrected chi connectivity index (χ0v) is 11.2. The molecule has 6 nitrogen and oxygen atoms in total. The molecule has 1 amide bonds. The number of aryl methyl sites for hydroxylation is 1. The number of carbonyl (C=O) groups excluding carboxylic acids is 1. The van der Waals surface area contributed by atoms with Crippen molar-refractivity contribution < 1.29 is 4.79 Å². The van der Waals surface area contributed by atoms with E-state index >= 15 is 0 Å². The highest BCUT2D eigenvalue weighted by molar-refractivity contribution is 14.1. The number of rotatable bonds is 3. The number of hydrogen-bond acceptors (Lipinski definition) is 4. The van der Waals surface area contributed by atoms with Crippen molar-refractivity contribution in [3.63, 3.8) is 0 Å². The van der Waals surface area contributed by atoms with Crippen molar-refractivity contribution in [3.05, 3.63) is 33.4 Å². The molecule has 2 aromatic rings. The van der Waals surface area contributed by atoms with Crippen LogP contribution >= 0.6 is 22.6 Å². The standard InChI is InChI=1S/C10H10IN5O/c1-2-16-14-10(13-15-16)12-9(17)7-5-3-4-6-8(7)11/h3-6H,2H2,1H3,(H,12,14,17). The molecule has 1 N–H and O–H groups in total. The minimum Gasteiger partial charge on any atom is -0.288 e. The van der Waals surface area contributed by atoms with Crippen LogP contribution in [0.3, 0.4) is 0 Å². The molecule has 0 aliphatic carbocycles. The summed E-state index contributed by atoms with van der Waals surface area (Å²) < 4.78 is 0.880. The minimum atomic E-state index is -0.231. The van der Waals surface area contributed by atoms with Crippen LogP contribution in [0.15, 0.2) is 24.3 Å². The van der Waals surface area contributed by atoms with E-state index in [1.165, 1.54) is 4.80 Å². The molecule has 1 heterocycles. The quantitative estimate of drug-likeness (QED) is 0.859. The van der Waals surface area contributed by atoms with Crippen molar-refractivity contribution in [2.75, 3.05) is 5.32 Å². The summed E-state index contributed by atoms with van der Waals surface area (Å²) >= 11 is 2.11. The molecule has 0 saturated heterocycles. The van der Waals surface area contributed by atoms with Crippen molar-refractivity contribution in [2.45, 2.75) is 13.5 Å². The fourth-order valence-corrected chi connectivity index (χ4v) is 1.87. The van der Waals surface area contributed by atoms with E-state index in [4.69, 9.17) is 0 Å². The van der Waals surface area contributed by atoms with E-state index < -0.39 is 0 Å². The second kappa shape index (κ2) is 5.21. The van der Waals surface area contributed by atoms with Crippen LogP contribution in [-0.2, 0) is 6.54 Å². The van der Waals surface area contributed by atoms with Crippen LogP contribution in [-0.4, -0.2) is 26.1 Å². The van der Waals surface area contributed by atoms with Gasteiger partial charge in [0.1, 0.15) is 0 Å². The first-order chi connectivity index (χ1) is 8.20. The van der Waals surface area contributed by atoms with Gasteiger partial charge in [-0.1, -0.05) is 17.2 Å². The topological polar surface area (TPSA) is 72.7 Å². The lowest BCUT2D eigenvalue weighted by atomic mass is 10.2.